The molecule has 0 aliphatic heterocycles. The summed E-state index contributed by atoms with van der Waals surface area (Å²) in [6.07, 6.45) is 10.9. The highest BCUT2D eigenvalue weighted by Gasteiger charge is 2.54. The van der Waals surface area contributed by atoms with Gasteiger partial charge in [0.1, 0.15) is 11.2 Å². The molecule has 0 saturated carbocycles. The van der Waals surface area contributed by atoms with E-state index in [0.717, 1.165) is 54.9 Å². The zero-order chi connectivity index (χ0) is 39.5. The molecule has 2 aliphatic rings. The van der Waals surface area contributed by atoms with Crippen LogP contribution in [0.2, 0.25) is 0 Å². The molecule has 0 spiro atoms. The summed E-state index contributed by atoms with van der Waals surface area (Å²) in [5.41, 5.74) is 16.0. The Morgan fingerprint density at radius 1 is 0.492 bits per heavy atom. The van der Waals surface area contributed by atoms with Gasteiger partial charge in [0.2, 0.25) is 0 Å². The molecule has 2 aliphatic carbocycles. The average molecular weight is 757 g/mol. The fourth-order valence-electron chi connectivity index (χ4n) is 10.4. The number of fused-ring (bicyclic) bond motifs is 12. The van der Waals surface area contributed by atoms with Gasteiger partial charge in [-0.2, -0.15) is 0 Å². The van der Waals surface area contributed by atoms with Crippen molar-refractivity contribution in [1.82, 2.24) is 9.97 Å². The van der Waals surface area contributed by atoms with E-state index < -0.39 is 0 Å². The van der Waals surface area contributed by atoms with Gasteiger partial charge >= 0.3 is 0 Å². The lowest BCUT2D eigenvalue weighted by atomic mass is 9.61. The van der Waals surface area contributed by atoms with Gasteiger partial charge in [0.05, 0.1) is 11.0 Å². The molecule has 0 amide bonds. The van der Waals surface area contributed by atoms with Crippen LogP contribution in [0.5, 0.6) is 0 Å². The summed E-state index contributed by atoms with van der Waals surface area (Å²) in [5, 5.41) is 7.01. The second kappa shape index (κ2) is 12.4. The summed E-state index contributed by atoms with van der Waals surface area (Å²) in [4.78, 5) is 9.62. The Kier molecular flexibility index (Phi) is 7.17. The van der Waals surface area contributed by atoms with Crippen LogP contribution in [0.3, 0.4) is 0 Å². The summed E-state index contributed by atoms with van der Waals surface area (Å²) in [7, 11) is 0. The molecule has 0 N–H and O–H groups in total. The number of rotatable bonds is 4. The highest BCUT2D eigenvalue weighted by atomic mass is 16.3. The quantitative estimate of drug-likeness (QED) is 0.168. The third-order valence-corrected chi connectivity index (χ3v) is 13.9. The van der Waals surface area contributed by atoms with Gasteiger partial charge < -0.3 is 4.42 Å². The molecule has 2 unspecified atom stereocenters. The lowest BCUT2D eigenvalue weighted by Gasteiger charge is -2.42. The molecule has 59 heavy (non-hydrogen) atoms. The van der Waals surface area contributed by atoms with Crippen LogP contribution in [0.15, 0.2) is 187 Å². The van der Waals surface area contributed by atoms with E-state index in [1.807, 2.05) is 12.1 Å². The predicted octanol–water partition coefficient (Wildman–Crippen LogP) is 14.9. The van der Waals surface area contributed by atoms with Gasteiger partial charge in [-0.05, 0) is 78.4 Å². The van der Waals surface area contributed by atoms with E-state index in [2.05, 4.69) is 179 Å². The molecule has 12 rings (SSSR count). The molecule has 0 saturated heterocycles. The SMILES string of the molecule is CC1(C)c2cc(-c3ccc(-c4ccc(-c5cccc6c5oc5ccccc56)cc4)cc3)ccc2C2C=CC(c3ccc4c5ccccc5c5nccnc5c4c3)=CC21C. The zero-order valence-corrected chi connectivity index (χ0v) is 33.2. The molecule has 8 aromatic carbocycles. The van der Waals surface area contributed by atoms with E-state index in [0.29, 0.717) is 5.92 Å². The normalized spacial score (nSPS) is 18.2. The van der Waals surface area contributed by atoms with Crippen molar-refractivity contribution < 1.29 is 4.42 Å². The second-order valence-electron chi connectivity index (χ2n) is 17.1. The standard InChI is InChI=1S/C56H40N2O/c1-55(2)50-32-39(36-17-15-34(16-18-36)35-19-21-37(22-20-35)41-12-8-13-46-44-10-6-7-14-51(44)59-54(41)46)24-27-47(50)49-28-25-40(33-56(49,55)3)38-23-26-43-42-9-4-5-11-45(42)52-53(48(43)31-38)58-30-29-57-52/h4-33,49H,1-3H3. The summed E-state index contributed by atoms with van der Waals surface area (Å²) in [6, 6.07) is 55.2. The van der Waals surface area contributed by atoms with Crippen molar-refractivity contribution >= 4 is 60.1 Å². The third kappa shape index (κ3) is 4.94. The van der Waals surface area contributed by atoms with Crippen LogP contribution in [-0.4, -0.2) is 9.97 Å². The molecule has 3 nitrogen and oxygen atoms in total. The summed E-state index contributed by atoms with van der Waals surface area (Å²) in [5.74, 6) is 0.297. The van der Waals surface area contributed by atoms with Gasteiger partial charge in [0, 0.05) is 50.8 Å². The number of hydrogen-bond donors (Lipinski definition) is 0. The van der Waals surface area contributed by atoms with Gasteiger partial charge in [-0.1, -0.05) is 179 Å². The molecule has 2 aromatic heterocycles. The fraction of sp³-hybridized carbons (Fsp3) is 0.107. The monoisotopic (exact) mass is 756 g/mol. The first-order valence-corrected chi connectivity index (χ1v) is 20.6. The number of para-hydroxylation sites is 2. The van der Waals surface area contributed by atoms with Crippen LogP contribution in [0.25, 0.3) is 93.5 Å². The molecule has 3 heteroatoms. The van der Waals surface area contributed by atoms with Gasteiger partial charge in [-0.15, -0.1) is 0 Å². The molecular formula is C56H40N2O. The van der Waals surface area contributed by atoms with Crippen LogP contribution in [0, 0.1) is 5.41 Å². The number of hydrogen-bond acceptors (Lipinski definition) is 3. The summed E-state index contributed by atoms with van der Waals surface area (Å²) in [6.45, 7) is 7.31. The molecule has 2 heterocycles. The maximum atomic E-state index is 6.33. The Morgan fingerprint density at radius 2 is 1.08 bits per heavy atom. The van der Waals surface area contributed by atoms with Crippen molar-refractivity contribution in [2.75, 3.05) is 0 Å². The van der Waals surface area contributed by atoms with Crippen molar-refractivity contribution in [2.45, 2.75) is 32.1 Å². The molecular weight excluding hydrogens is 717 g/mol. The van der Waals surface area contributed by atoms with Crippen LogP contribution >= 0.6 is 0 Å². The minimum atomic E-state index is -0.107. The molecule has 2 atom stereocenters. The first-order chi connectivity index (χ1) is 28.9. The van der Waals surface area contributed by atoms with Crippen LogP contribution < -0.4 is 0 Å². The number of benzene rings is 8. The second-order valence-corrected chi connectivity index (χ2v) is 17.1. The molecule has 10 aromatic rings. The first-order valence-electron chi connectivity index (χ1n) is 20.6. The lowest BCUT2D eigenvalue weighted by molar-refractivity contribution is 0.246. The molecule has 280 valence electrons. The minimum absolute atomic E-state index is 0.0986. The highest BCUT2D eigenvalue weighted by molar-refractivity contribution is 6.23. The topological polar surface area (TPSA) is 38.9 Å². The van der Waals surface area contributed by atoms with Crippen molar-refractivity contribution in [3.63, 3.8) is 0 Å². The molecule has 0 radical (unpaired) electrons. The van der Waals surface area contributed by atoms with E-state index in [4.69, 9.17) is 14.4 Å². The van der Waals surface area contributed by atoms with E-state index in [9.17, 15) is 0 Å². The van der Waals surface area contributed by atoms with Crippen LogP contribution in [0.1, 0.15) is 43.4 Å². The maximum Gasteiger partial charge on any atom is 0.143 e. The minimum Gasteiger partial charge on any atom is -0.455 e. The van der Waals surface area contributed by atoms with Gasteiger partial charge in [-0.25, -0.2) is 0 Å². The van der Waals surface area contributed by atoms with E-state index in [1.165, 1.54) is 55.3 Å². The largest absolute Gasteiger partial charge is 0.455 e. The van der Waals surface area contributed by atoms with Crippen molar-refractivity contribution in [3.8, 4) is 33.4 Å². The van der Waals surface area contributed by atoms with Gasteiger partial charge in [0.15, 0.2) is 0 Å². The van der Waals surface area contributed by atoms with E-state index in [-0.39, 0.29) is 10.8 Å². The van der Waals surface area contributed by atoms with Crippen molar-refractivity contribution in [1.29, 1.82) is 0 Å². The highest BCUT2D eigenvalue weighted by Crippen LogP contribution is 2.62. The Bertz CT molecular complexity index is 3390. The lowest BCUT2D eigenvalue weighted by Crippen LogP contribution is -2.36. The van der Waals surface area contributed by atoms with Gasteiger partial charge in [-0.3, -0.25) is 9.97 Å². The molecule has 0 fully saturated rings. The summed E-state index contributed by atoms with van der Waals surface area (Å²) >= 11 is 0. The third-order valence-electron chi connectivity index (χ3n) is 13.9. The smallest absolute Gasteiger partial charge is 0.143 e. The Balaban J connectivity index is 0.845. The van der Waals surface area contributed by atoms with E-state index in [1.54, 1.807) is 12.4 Å². The zero-order valence-electron chi connectivity index (χ0n) is 33.2. The van der Waals surface area contributed by atoms with Crippen molar-refractivity contribution in [3.05, 3.63) is 199 Å². The predicted molar refractivity (Wildman–Crippen MR) is 246 cm³/mol. The number of allylic oxidation sites excluding steroid dienone is 4. The Labute approximate surface area is 343 Å². The number of nitrogens with zero attached hydrogens (tertiary/aromatic N) is 2. The Morgan fingerprint density at radius 3 is 1.85 bits per heavy atom. The van der Waals surface area contributed by atoms with Crippen LogP contribution in [0.4, 0.5) is 0 Å². The Hall–Kier alpha value is -7.10. The number of furan rings is 1. The van der Waals surface area contributed by atoms with E-state index >= 15 is 0 Å². The summed E-state index contributed by atoms with van der Waals surface area (Å²) < 4.78 is 6.33. The van der Waals surface area contributed by atoms with Crippen molar-refractivity contribution in [2.24, 2.45) is 5.41 Å². The average Bonchev–Trinajstić information content (AvgIpc) is 3.75. The fourth-order valence-corrected chi connectivity index (χ4v) is 10.4. The van der Waals surface area contributed by atoms with Gasteiger partial charge in [0.25, 0.3) is 0 Å². The van der Waals surface area contributed by atoms with Crippen LogP contribution in [-0.2, 0) is 5.41 Å². The number of aromatic nitrogens is 2. The molecule has 0 bridgehead atoms. The first kappa shape index (κ1) is 34.0. The maximum absolute atomic E-state index is 6.33.